The molecule has 7 nitrogen and oxygen atoms in total. The molecular weight excluding hydrogens is 414 g/mol. The van der Waals surface area contributed by atoms with Crippen molar-refractivity contribution in [2.24, 2.45) is 5.10 Å². The standard InChI is InChI=1S/C23H23N3O4S/c1-3-30-21-13-15-22(16-14-21)31(28,29)26-20-11-9-19(10-12-20)23(27)25-24-17(2)18-7-5-4-6-8-18/h4-16,26H,3H2,1-2H3,(H,25,27)/b24-17+. The lowest BCUT2D eigenvalue weighted by Crippen LogP contribution is -2.19. The van der Waals surface area contributed by atoms with Gasteiger partial charge in [0.2, 0.25) is 0 Å². The summed E-state index contributed by atoms with van der Waals surface area (Å²) < 4.78 is 32.9. The largest absolute Gasteiger partial charge is 0.494 e. The first-order valence-electron chi connectivity index (χ1n) is 9.65. The third kappa shape index (κ3) is 5.93. The molecule has 1 amide bonds. The highest BCUT2D eigenvalue weighted by molar-refractivity contribution is 7.92. The highest BCUT2D eigenvalue weighted by Gasteiger charge is 2.15. The Morgan fingerprint density at radius 1 is 0.903 bits per heavy atom. The summed E-state index contributed by atoms with van der Waals surface area (Å²) in [6.07, 6.45) is 0. The fourth-order valence-corrected chi connectivity index (χ4v) is 3.79. The van der Waals surface area contributed by atoms with Crippen LogP contribution in [0, 0.1) is 0 Å². The number of anilines is 1. The summed E-state index contributed by atoms with van der Waals surface area (Å²) in [5.41, 5.74) is 4.78. The maximum absolute atomic E-state index is 12.6. The van der Waals surface area contributed by atoms with E-state index in [0.717, 1.165) is 5.56 Å². The van der Waals surface area contributed by atoms with Gasteiger partial charge in [-0.05, 0) is 67.9 Å². The third-order valence-electron chi connectivity index (χ3n) is 4.36. The molecule has 0 unspecified atom stereocenters. The number of carbonyl (C=O) groups excluding carboxylic acids is 1. The zero-order chi connectivity index (χ0) is 22.3. The van der Waals surface area contributed by atoms with Gasteiger partial charge < -0.3 is 4.74 Å². The highest BCUT2D eigenvalue weighted by Crippen LogP contribution is 2.19. The van der Waals surface area contributed by atoms with Gasteiger partial charge in [-0.3, -0.25) is 9.52 Å². The predicted molar refractivity (Wildman–Crippen MR) is 121 cm³/mol. The SMILES string of the molecule is CCOc1ccc(S(=O)(=O)Nc2ccc(C(=O)N/N=C(\C)c3ccccc3)cc2)cc1. The van der Waals surface area contributed by atoms with Gasteiger partial charge in [0.15, 0.2) is 0 Å². The minimum absolute atomic E-state index is 0.114. The molecule has 0 saturated heterocycles. The Bertz CT molecular complexity index is 1160. The zero-order valence-electron chi connectivity index (χ0n) is 17.2. The minimum atomic E-state index is -3.76. The molecule has 2 N–H and O–H groups in total. The molecule has 8 heteroatoms. The summed E-state index contributed by atoms with van der Waals surface area (Å²) in [4.78, 5) is 12.4. The monoisotopic (exact) mass is 437 g/mol. The van der Waals surface area contributed by atoms with E-state index in [9.17, 15) is 13.2 Å². The number of rotatable bonds is 8. The summed E-state index contributed by atoms with van der Waals surface area (Å²) in [7, 11) is -3.76. The van der Waals surface area contributed by atoms with E-state index in [4.69, 9.17) is 4.74 Å². The van der Waals surface area contributed by atoms with Crippen molar-refractivity contribution in [1.29, 1.82) is 0 Å². The second-order valence-electron chi connectivity index (χ2n) is 6.59. The lowest BCUT2D eigenvalue weighted by Gasteiger charge is -2.10. The van der Waals surface area contributed by atoms with Crippen LogP contribution in [0.15, 0.2) is 88.9 Å². The second kappa shape index (κ2) is 9.90. The molecule has 0 saturated carbocycles. The molecule has 3 aromatic rings. The van der Waals surface area contributed by atoms with Crippen LogP contribution in [0.4, 0.5) is 5.69 Å². The van der Waals surface area contributed by atoms with Gasteiger partial charge in [0.1, 0.15) is 5.75 Å². The number of nitrogens with zero attached hydrogens (tertiary/aromatic N) is 1. The van der Waals surface area contributed by atoms with Gasteiger partial charge >= 0.3 is 0 Å². The molecule has 0 fully saturated rings. The van der Waals surface area contributed by atoms with Crippen molar-refractivity contribution in [3.8, 4) is 5.75 Å². The Labute approximate surface area is 181 Å². The van der Waals surface area contributed by atoms with Crippen molar-refractivity contribution in [2.45, 2.75) is 18.7 Å². The number of hydrazone groups is 1. The van der Waals surface area contributed by atoms with Gasteiger partial charge in [-0.25, -0.2) is 13.8 Å². The third-order valence-corrected chi connectivity index (χ3v) is 5.76. The van der Waals surface area contributed by atoms with Gasteiger partial charge in [-0.2, -0.15) is 5.10 Å². The number of sulfonamides is 1. The van der Waals surface area contributed by atoms with E-state index >= 15 is 0 Å². The Morgan fingerprint density at radius 2 is 1.55 bits per heavy atom. The quantitative estimate of drug-likeness (QED) is 0.411. The molecule has 3 rings (SSSR count). The molecule has 3 aromatic carbocycles. The summed E-state index contributed by atoms with van der Waals surface area (Å²) in [5.74, 6) is 0.207. The van der Waals surface area contributed by atoms with Crippen molar-refractivity contribution in [1.82, 2.24) is 5.43 Å². The first-order chi connectivity index (χ1) is 14.9. The fourth-order valence-electron chi connectivity index (χ4n) is 2.73. The molecule has 31 heavy (non-hydrogen) atoms. The van der Waals surface area contributed by atoms with E-state index in [2.05, 4.69) is 15.2 Å². The fraction of sp³-hybridized carbons (Fsp3) is 0.130. The normalized spacial score (nSPS) is 11.6. The Morgan fingerprint density at radius 3 is 2.16 bits per heavy atom. The van der Waals surface area contributed by atoms with Crippen LogP contribution < -0.4 is 14.9 Å². The number of carbonyl (C=O) groups is 1. The number of ether oxygens (including phenoxy) is 1. The van der Waals surface area contributed by atoms with E-state index in [1.165, 1.54) is 36.4 Å². The highest BCUT2D eigenvalue weighted by atomic mass is 32.2. The first-order valence-corrected chi connectivity index (χ1v) is 11.1. The van der Waals surface area contributed by atoms with E-state index < -0.39 is 15.9 Å². The molecule has 0 radical (unpaired) electrons. The van der Waals surface area contributed by atoms with Crippen LogP contribution in [-0.2, 0) is 10.0 Å². The van der Waals surface area contributed by atoms with E-state index in [1.54, 1.807) is 19.1 Å². The zero-order valence-corrected chi connectivity index (χ0v) is 18.0. The average Bonchev–Trinajstić information content (AvgIpc) is 2.78. The van der Waals surface area contributed by atoms with Crippen molar-refractivity contribution >= 4 is 27.3 Å². The van der Waals surface area contributed by atoms with Gasteiger partial charge in [0.25, 0.3) is 15.9 Å². The Hall–Kier alpha value is -3.65. The number of hydrogen-bond acceptors (Lipinski definition) is 5. The van der Waals surface area contributed by atoms with E-state index in [1.807, 2.05) is 37.3 Å². The smallest absolute Gasteiger partial charge is 0.271 e. The van der Waals surface area contributed by atoms with E-state index in [-0.39, 0.29) is 4.90 Å². The van der Waals surface area contributed by atoms with Gasteiger partial charge in [0, 0.05) is 11.3 Å². The topological polar surface area (TPSA) is 96.9 Å². The van der Waals surface area contributed by atoms with Gasteiger partial charge in [-0.15, -0.1) is 0 Å². The molecule has 0 heterocycles. The predicted octanol–water partition coefficient (Wildman–Crippen LogP) is 4.04. The van der Waals surface area contributed by atoms with Crippen molar-refractivity contribution in [3.63, 3.8) is 0 Å². The number of amides is 1. The first kappa shape index (κ1) is 22.0. The molecule has 160 valence electrons. The summed E-state index contributed by atoms with van der Waals surface area (Å²) in [6.45, 7) is 4.16. The second-order valence-corrected chi connectivity index (χ2v) is 8.27. The van der Waals surface area contributed by atoms with Crippen molar-refractivity contribution < 1.29 is 17.9 Å². The molecule has 0 aliphatic heterocycles. The lowest BCUT2D eigenvalue weighted by molar-refractivity contribution is 0.0955. The molecule has 0 aliphatic carbocycles. The number of nitrogens with one attached hydrogen (secondary N) is 2. The Kier molecular flexibility index (Phi) is 7.04. The molecule has 0 aromatic heterocycles. The van der Waals surface area contributed by atoms with Crippen molar-refractivity contribution in [2.75, 3.05) is 11.3 Å². The van der Waals surface area contributed by atoms with Gasteiger partial charge in [0.05, 0.1) is 17.2 Å². The van der Waals surface area contributed by atoms with Gasteiger partial charge in [-0.1, -0.05) is 30.3 Å². The summed E-state index contributed by atoms with van der Waals surface area (Å²) in [6, 6.07) is 21.7. The number of benzene rings is 3. The Balaban J connectivity index is 1.64. The molecule has 0 aliphatic rings. The van der Waals surface area contributed by atoms with Crippen LogP contribution in [0.1, 0.15) is 29.8 Å². The summed E-state index contributed by atoms with van der Waals surface area (Å²) >= 11 is 0. The maximum atomic E-state index is 12.6. The number of hydrogen-bond donors (Lipinski definition) is 2. The molecule has 0 bridgehead atoms. The molecular formula is C23H23N3O4S. The van der Waals surface area contributed by atoms with Crippen LogP contribution in [0.2, 0.25) is 0 Å². The van der Waals surface area contributed by atoms with Crippen LogP contribution in [0.25, 0.3) is 0 Å². The summed E-state index contributed by atoms with van der Waals surface area (Å²) in [5, 5.41) is 4.11. The van der Waals surface area contributed by atoms with Crippen LogP contribution >= 0.6 is 0 Å². The van der Waals surface area contributed by atoms with Crippen molar-refractivity contribution in [3.05, 3.63) is 90.0 Å². The average molecular weight is 438 g/mol. The van der Waals surface area contributed by atoms with Crippen LogP contribution in [0.3, 0.4) is 0 Å². The minimum Gasteiger partial charge on any atom is -0.494 e. The van der Waals surface area contributed by atoms with Crippen LogP contribution in [-0.4, -0.2) is 26.6 Å². The molecule has 0 spiro atoms. The van der Waals surface area contributed by atoms with E-state index in [0.29, 0.717) is 29.3 Å². The maximum Gasteiger partial charge on any atom is 0.271 e. The lowest BCUT2D eigenvalue weighted by atomic mass is 10.1. The van der Waals surface area contributed by atoms with Crippen LogP contribution in [0.5, 0.6) is 5.75 Å². The molecule has 0 atom stereocenters.